The molecule has 0 saturated carbocycles. The number of hydrogen-bond donors (Lipinski definition) is 1. The molecule has 1 heterocycles. The Morgan fingerprint density at radius 2 is 2.33 bits per heavy atom. The molecule has 12 heavy (non-hydrogen) atoms. The third kappa shape index (κ3) is 1.87. The van der Waals surface area contributed by atoms with Gasteiger partial charge in [-0.15, -0.1) is 11.3 Å². The van der Waals surface area contributed by atoms with Crippen molar-refractivity contribution in [2.75, 3.05) is 13.2 Å². The second kappa shape index (κ2) is 3.85. The monoisotopic (exact) mass is 251 g/mol. The SMILES string of the molecule is CC(CN)(CF)c1ccc(Br)s1. The highest BCUT2D eigenvalue weighted by Crippen LogP contribution is 2.32. The van der Waals surface area contributed by atoms with Crippen molar-refractivity contribution in [3.8, 4) is 0 Å². The Morgan fingerprint density at radius 3 is 2.67 bits per heavy atom. The number of rotatable bonds is 3. The van der Waals surface area contributed by atoms with Crippen LogP contribution in [-0.4, -0.2) is 13.2 Å². The van der Waals surface area contributed by atoms with Crippen molar-refractivity contribution in [3.63, 3.8) is 0 Å². The zero-order valence-electron chi connectivity index (χ0n) is 6.81. The zero-order valence-corrected chi connectivity index (χ0v) is 9.21. The van der Waals surface area contributed by atoms with Gasteiger partial charge in [0.05, 0.1) is 3.79 Å². The Morgan fingerprint density at radius 1 is 1.67 bits per heavy atom. The number of nitrogens with two attached hydrogens (primary N) is 1. The summed E-state index contributed by atoms with van der Waals surface area (Å²) in [6, 6.07) is 3.84. The van der Waals surface area contributed by atoms with Crippen LogP contribution >= 0.6 is 27.3 Å². The number of thiophene rings is 1. The van der Waals surface area contributed by atoms with E-state index in [-0.39, 0.29) is 0 Å². The van der Waals surface area contributed by atoms with E-state index in [4.69, 9.17) is 5.73 Å². The normalized spacial score (nSPS) is 16.0. The molecule has 0 fully saturated rings. The first-order chi connectivity index (χ1) is 5.62. The van der Waals surface area contributed by atoms with Crippen LogP contribution in [0.25, 0.3) is 0 Å². The molecule has 0 amide bonds. The highest BCUT2D eigenvalue weighted by atomic mass is 79.9. The Labute approximate surface area is 83.9 Å². The lowest BCUT2D eigenvalue weighted by molar-refractivity contribution is 0.339. The van der Waals surface area contributed by atoms with E-state index in [2.05, 4.69) is 15.9 Å². The minimum absolute atomic E-state index is 0.344. The van der Waals surface area contributed by atoms with E-state index in [0.717, 1.165) is 8.66 Å². The number of halogens is 2. The minimum atomic E-state index is -0.503. The minimum Gasteiger partial charge on any atom is -0.329 e. The van der Waals surface area contributed by atoms with Crippen molar-refractivity contribution >= 4 is 27.3 Å². The maximum atomic E-state index is 12.6. The Bertz CT molecular complexity index is 257. The van der Waals surface area contributed by atoms with Gasteiger partial charge in [-0.3, -0.25) is 4.39 Å². The summed E-state index contributed by atoms with van der Waals surface area (Å²) in [6.07, 6.45) is 0. The summed E-state index contributed by atoms with van der Waals surface area (Å²) < 4.78 is 13.7. The van der Waals surface area contributed by atoms with Crippen LogP contribution in [0.4, 0.5) is 4.39 Å². The second-order valence-electron chi connectivity index (χ2n) is 3.00. The standard InChI is InChI=1S/C8H11BrFNS/c1-8(4-10,5-11)6-2-3-7(9)12-6/h2-3H,4-5,11H2,1H3. The van der Waals surface area contributed by atoms with E-state index in [1.54, 1.807) is 11.3 Å². The van der Waals surface area contributed by atoms with Gasteiger partial charge in [0.1, 0.15) is 6.67 Å². The molecule has 0 spiro atoms. The molecule has 1 atom stereocenters. The van der Waals surface area contributed by atoms with E-state index in [1.165, 1.54) is 0 Å². The summed E-state index contributed by atoms with van der Waals surface area (Å²) >= 11 is 4.88. The molecule has 0 aliphatic carbocycles. The van der Waals surface area contributed by atoms with Crippen LogP contribution < -0.4 is 5.73 Å². The van der Waals surface area contributed by atoms with Crippen LogP contribution in [0.5, 0.6) is 0 Å². The van der Waals surface area contributed by atoms with Crippen molar-refractivity contribution < 1.29 is 4.39 Å². The molecule has 0 saturated heterocycles. The third-order valence-electron chi connectivity index (χ3n) is 1.91. The van der Waals surface area contributed by atoms with Crippen molar-refractivity contribution in [2.24, 2.45) is 5.73 Å². The molecule has 2 N–H and O–H groups in total. The summed E-state index contributed by atoms with van der Waals surface area (Å²) in [5, 5.41) is 0. The van der Waals surface area contributed by atoms with Crippen molar-refractivity contribution in [1.82, 2.24) is 0 Å². The zero-order chi connectivity index (χ0) is 9.19. The highest BCUT2D eigenvalue weighted by molar-refractivity contribution is 9.11. The predicted octanol–water partition coefficient (Wildman–Crippen LogP) is 2.70. The summed E-state index contributed by atoms with van der Waals surface area (Å²) in [5.41, 5.74) is 5.01. The molecular weight excluding hydrogens is 241 g/mol. The van der Waals surface area contributed by atoms with Gasteiger partial charge in [0.15, 0.2) is 0 Å². The smallest absolute Gasteiger partial charge is 0.101 e. The predicted molar refractivity (Wildman–Crippen MR) is 54.4 cm³/mol. The molecule has 1 nitrogen and oxygen atoms in total. The van der Waals surface area contributed by atoms with E-state index in [9.17, 15) is 4.39 Å². The Kier molecular flexibility index (Phi) is 3.26. The summed E-state index contributed by atoms with van der Waals surface area (Å²) in [4.78, 5) is 0.999. The molecule has 1 unspecified atom stereocenters. The molecule has 0 aliphatic heterocycles. The third-order valence-corrected chi connectivity index (χ3v) is 3.84. The first-order valence-corrected chi connectivity index (χ1v) is 5.25. The molecule has 0 bridgehead atoms. The van der Waals surface area contributed by atoms with Gasteiger partial charge in [-0.05, 0) is 28.1 Å². The molecule has 0 aliphatic rings. The van der Waals surface area contributed by atoms with E-state index in [1.807, 2.05) is 19.1 Å². The van der Waals surface area contributed by atoms with Crippen LogP contribution in [0, 0.1) is 0 Å². The van der Waals surface area contributed by atoms with Crippen LogP contribution in [-0.2, 0) is 5.41 Å². The lowest BCUT2D eigenvalue weighted by Gasteiger charge is -2.22. The second-order valence-corrected chi connectivity index (χ2v) is 5.47. The van der Waals surface area contributed by atoms with Crippen LogP contribution in [0.1, 0.15) is 11.8 Å². The maximum absolute atomic E-state index is 12.6. The van der Waals surface area contributed by atoms with Gasteiger partial charge in [0, 0.05) is 16.8 Å². The lowest BCUT2D eigenvalue weighted by atomic mass is 9.91. The Balaban J connectivity index is 2.94. The highest BCUT2D eigenvalue weighted by Gasteiger charge is 2.26. The molecule has 1 aromatic rings. The fourth-order valence-corrected chi connectivity index (χ4v) is 2.38. The van der Waals surface area contributed by atoms with Crippen molar-refractivity contribution in [3.05, 3.63) is 20.8 Å². The van der Waals surface area contributed by atoms with E-state index < -0.39 is 12.1 Å². The van der Waals surface area contributed by atoms with Crippen LogP contribution in [0.15, 0.2) is 15.9 Å². The average Bonchev–Trinajstić information content (AvgIpc) is 2.51. The van der Waals surface area contributed by atoms with E-state index >= 15 is 0 Å². The molecule has 1 aromatic heterocycles. The van der Waals surface area contributed by atoms with Gasteiger partial charge >= 0.3 is 0 Å². The molecule has 68 valence electrons. The van der Waals surface area contributed by atoms with Gasteiger partial charge in [-0.25, -0.2) is 0 Å². The molecule has 1 rings (SSSR count). The quantitative estimate of drug-likeness (QED) is 0.879. The van der Waals surface area contributed by atoms with Crippen molar-refractivity contribution in [1.29, 1.82) is 0 Å². The molecule has 4 heteroatoms. The van der Waals surface area contributed by atoms with Gasteiger partial charge < -0.3 is 5.73 Å². The Hall–Kier alpha value is 0.0700. The van der Waals surface area contributed by atoms with Gasteiger partial charge in [-0.2, -0.15) is 0 Å². The fourth-order valence-electron chi connectivity index (χ4n) is 0.860. The van der Waals surface area contributed by atoms with Crippen molar-refractivity contribution in [2.45, 2.75) is 12.3 Å². The topological polar surface area (TPSA) is 26.0 Å². The number of hydrogen-bond acceptors (Lipinski definition) is 2. The molecule has 0 aromatic carbocycles. The van der Waals surface area contributed by atoms with Gasteiger partial charge in [0.25, 0.3) is 0 Å². The fraction of sp³-hybridized carbons (Fsp3) is 0.500. The van der Waals surface area contributed by atoms with E-state index in [0.29, 0.717) is 6.54 Å². The van der Waals surface area contributed by atoms with Crippen LogP contribution in [0.2, 0.25) is 0 Å². The van der Waals surface area contributed by atoms with Crippen LogP contribution in [0.3, 0.4) is 0 Å². The first kappa shape index (κ1) is 10.2. The number of alkyl halides is 1. The first-order valence-electron chi connectivity index (χ1n) is 3.64. The molecule has 0 radical (unpaired) electrons. The maximum Gasteiger partial charge on any atom is 0.101 e. The lowest BCUT2D eigenvalue weighted by Crippen LogP contribution is -2.32. The van der Waals surface area contributed by atoms with Gasteiger partial charge in [0.2, 0.25) is 0 Å². The summed E-state index contributed by atoms with van der Waals surface area (Å²) in [6.45, 7) is 1.78. The molecular formula is C8H11BrFNS. The van der Waals surface area contributed by atoms with Gasteiger partial charge in [-0.1, -0.05) is 6.92 Å². The average molecular weight is 252 g/mol. The summed E-state index contributed by atoms with van der Waals surface area (Å²) in [5.74, 6) is 0. The largest absolute Gasteiger partial charge is 0.329 e. The summed E-state index contributed by atoms with van der Waals surface area (Å²) in [7, 11) is 0.